The summed E-state index contributed by atoms with van der Waals surface area (Å²) in [5.41, 5.74) is 1.27. The molecule has 0 atom stereocenters. The monoisotopic (exact) mass is 353 g/mol. The van der Waals surface area contributed by atoms with Crippen LogP contribution in [0.5, 0.6) is 0 Å². The van der Waals surface area contributed by atoms with Crippen molar-refractivity contribution in [2.45, 2.75) is 6.54 Å². The SMILES string of the molecule is Cn1nc(Br)c2c(=O)n(Cc3ccc(Cl)nc3)cnc21. The number of pyridine rings is 1. The van der Waals surface area contributed by atoms with Gasteiger partial charge in [-0.15, -0.1) is 0 Å². The second-order valence-electron chi connectivity index (χ2n) is 4.28. The molecular formula is C12H9BrClN5O. The Morgan fingerprint density at radius 1 is 1.35 bits per heavy atom. The summed E-state index contributed by atoms with van der Waals surface area (Å²) >= 11 is 9.02. The third-order valence-corrected chi connectivity index (χ3v) is 3.69. The van der Waals surface area contributed by atoms with Gasteiger partial charge in [-0.1, -0.05) is 17.7 Å². The smallest absolute Gasteiger partial charge is 0.265 e. The summed E-state index contributed by atoms with van der Waals surface area (Å²) in [6, 6.07) is 3.51. The van der Waals surface area contributed by atoms with Crippen molar-refractivity contribution in [3.8, 4) is 0 Å². The highest BCUT2D eigenvalue weighted by Gasteiger charge is 2.13. The molecule has 3 rings (SSSR count). The molecule has 0 aliphatic carbocycles. The first-order valence-electron chi connectivity index (χ1n) is 5.74. The molecule has 0 aromatic carbocycles. The van der Waals surface area contributed by atoms with Gasteiger partial charge in [-0.2, -0.15) is 5.10 Å². The predicted molar refractivity (Wildman–Crippen MR) is 78.8 cm³/mol. The first-order valence-corrected chi connectivity index (χ1v) is 6.91. The summed E-state index contributed by atoms with van der Waals surface area (Å²) < 4.78 is 3.57. The zero-order valence-corrected chi connectivity index (χ0v) is 12.8. The average Bonchev–Trinajstić information content (AvgIpc) is 2.71. The van der Waals surface area contributed by atoms with Crippen LogP contribution in [0.4, 0.5) is 0 Å². The van der Waals surface area contributed by atoms with Gasteiger partial charge in [-0.3, -0.25) is 9.36 Å². The molecule has 0 N–H and O–H groups in total. The van der Waals surface area contributed by atoms with Crippen molar-refractivity contribution in [2.75, 3.05) is 0 Å². The molecule has 0 bridgehead atoms. The Bertz CT molecular complexity index is 839. The molecule has 3 heterocycles. The molecule has 3 aromatic heterocycles. The number of aryl methyl sites for hydroxylation is 1. The van der Waals surface area contributed by atoms with Crippen LogP contribution < -0.4 is 5.56 Å². The molecule has 20 heavy (non-hydrogen) atoms. The Kier molecular flexibility index (Phi) is 3.31. The van der Waals surface area contributed by atoms with Crippen LogP contribution in [-0.4, -0.2) is 24.3 Å². The van der Waals surface area contributed by atoms with Crippen molar-refractivity contribution < 1.29 is 0 Å². The van der Waals surface area contributed by atoms with E-state index in [1.807, 2.05) is 6.07 Å². The zero-order chi connectivity index (χ0) is 14.3. The van der Waals surface area contributed by atoms with Crippen LogP contribution in [0.15, 0.2) is 34.1 Å². The van der Waals surface area contributed by atoms with Crippen molar-refractivity contribution in [3.05, 3.63) is 50.3 Å². The van der Waals surface area contributed by atoms with Crippen LogP contribution in [0.1, 0.15) is 5.56 Å². The first kappa shape index (κ1) is 13.3. The predicted octanol–water partition coefficient (Wildman–Crippen LogP) is 1.99. The van der Waals surface area contributed by atoms with Crippen molar-refractivity contribution >= 4 is 38.6 Å². The number of aromatic nitrogens is 5. The number of hydrogen-bond donors (Lipinski definition) is 0. The Labute approximate surface area is 127 Å². The van der Waals surface area contributed by atoms with Crippen LogP contribution in [0.2, 0.25) is 5.15 Å². The van der Waals surface area contributed by atoms with Crippen molar-refractivity contribution in [1.82, 2.24) is 24.3 Å². The second-order valence-corrected chi connectivity index (χ2v) is 5.42. The lowest BCUT2D eigenvalue weighted by molar-refractivity contribution is 0.735. The number of rotatable bonds is 2. The zero-order valence-electron chi connectivity index (χ0n) is 10.4. The molecule has 0 aliphatic rings. The molecule has 3 aromatic rings. The molecule has 8 heteroatoms. The van der Waals surface area contributed by atoms with E-state index in [4.69, 9.17) is 11.6 Å². The van der Waals surface area contributed by atoms with Gasteiger partial charge in [0.05, 0.1) is 6.54 Å². The van der Waals surface area contributed by atoms with Gasteiger partial charge in [-0.25, -0.2) is 14.6 Å². The molecule has 0 fully saturated rings. The maximum atomic E-state index is 12.4. The van der Waals surface area contributed by atoms with Crippen LogP contribution in [0, 0.1) is 0 Å². The third-order valence-electron chi connectivity index (χ3n) is 2.91. The van der Waals surface area contributed by atoms with Gasteiger partial charge in [0, 0.05) is 13.2 Å². The lowest BCUT2D eigenvalue weighted by Gasteiger charge is -2.05. The lowest BCUT2D eigenvalue weighted by atomic mass is 10.3. The van der Waals surface area contributed by atoms with Crippen LogP contribution in [-0.2, 0) is 13.6 Å². The second kappa shape index (κ2) is 4.99. The quantitative estimate of drug-likeness (QED) is 0.660. The van der Waals surface area contributed by atoms with E-state index in [1.54, 1.807) is 24.0 Å². The van der Waals surface area contributed by atoms with E-state index in [0.717, 1.165) is 5.56 Å². The fourth-order valence-corrected chi connectivity index (χ4v) is 2.64. The van der Waals surface area contributed by atoms with Gasteiger partial charge < -0.3 is 0 Å². The van der Waals surface area contributed by atoms with Gasteiger partial charge in [0.2, 0.25) is 0 Å². The number of halogens is 2. The highest BCUT2D eigenvalue weighted by Crippen LogP contribution is 2.17. The van der Waals surface area contributed by atoms with Gasteiger partial charge in [0.25, 0.3) is 5.56 Å². The topological polar surface area (TPSA) is 65.6 Å². The summed E-state index contributed by atoms with van der Waals surface area (Å²) in [7, 11) is 1.74. The molecule has 0 unspecified atom stereocenters. The van der Waals surface area contributed by atoms with E-state index in [9.17, 15) is 4.79 Å². The molecule has 6 nitrogen and oxygen atoms in total. The average molecular weight is 355 g/mol. The molecular weight excluding hydrogens is 346 g/mol. The minimum Gasteiger partial charge on any atom is -0.294 e. The van der Waals surface area contributed by atoms with Gasteiger partial charge in [0.15, 0.2) is 5.65 Å². The highest BCUT2D eigenvalue weighted by atomic mass is 79.9. The largest absolute Gasteiger partial charge is 0.294 e. The van der Waals surface area contributed by atoms with Crippen molar-refractivity contribution in [3.63, 3.8) is 0 Å². The maximum Gasteiger partial charge on any atom is 0.265 e. The summed E-state index contributed by atoms with van der Waals surface area (Å²) in [6.07, 6.45) is 3.14. The normalized spacial score (nSPS) is 11.2. The van der Waals surface area contributed by atoms with Gasteiger partial charge in [0.1, 0.15) is 21.5 Å². The Balaban J connectivity index is 2.09. The van der Waals surface area contributed by atoms with E-state index in [1.165, 1.54) is 10.9 Å². The molecule has 102 valence electrons. The van der Waals surface area contributed by atoms with E-state index >= 15 is 0 Å². The fourth-order valence-electron chi connectivity index (χ4n) is 1.94. The van der Waals surface area contributed by atoms with Crippen LogP contribution >= 0.6 is 27.5 Å². The molecule has 0 amide bonds. The van der Waals surface area contributed by atoms with E-state index < -0.39 is 0 Å². The van der Waals surface area contributed by atoms with E-state index in [2.05, 4.69) is 31.0 Å². The highest BCUT2D eigenvalue weighted by molar-refractivity contribution is 9.10. The fraction of sp³-hybridized carbons (Fsp3) is 0.167. The van der Waals surface area contributed by atoms with E-state index in [-0.39, 0.29) is 5.56 Å². The molecule has 0 aliphatic heterocycles. The molecule has 0 spiro atoms. The van der Waals surface area contributed by atoms with Crippen LogP contribution in [0.25, 0.3) is 11.0 Å². The lowest BCUT2D eigenvalue weighted by Crippen LogP contribution is -2.21. The standard InChI is InChI=1S/C12H9BrClN5O/c1-18-11-9(10(13)17-18)12(20)19(6-16-11)5-7-2-3-8(14)15-4-7/h2-4,6H,5H2,1H3. The van der Waals surface area contributed by atoms with Gasteiger partial charge in [-0.05, 0) is 27.6 Å². The molecule has 0 saturated heterocycles. The summed E-state index contributed by atoms with van der Waals surface area (Å²) in [5.74, 6) is 0. The summed E-state index contributed by atoms with van der Waals surface area (Å²) in [4.78, 5) is 20.7. The summed E-state index contributed by atoms with van der Waals surface area (Å²) in [5, 5.41) is 5.03. The van der Waals surface area contributed by atoms with Gasteiger partial charge >= 0.3 is 0 Å². The Hall–Kier alpha value is -1.73. The first-order chi connectivity index (χ1) is 9.56. The number of nitrogens with zero attached hydrogens (tertiary/aromatic N) is 5. The Morgan fingerprint density at radius 3 is 2.85 bits per heavy atom. The molecule has 0 radical (unpaired) electrons. The Morgan fingerprint density at radius 2 is 2.15 bits per heavy atom. The molecule has 0 saturated carbocycles. The van der Waals surface area contributed by atoms with Crippen molar-refractivity contribution in [1.29, 1.82) is 0 Å². The third kappa shape index (κ3) is 2.23. The number of fused-ring (bicyclic) bond motifs is 1. The maximum absolute atomic E-state index is 12.4. The van der Waals surface area contributed by atoms with Crippen LogP contribution in [0.3, 0.4) is 0 Å². The minimum atomic E-state index is -0.148. The number of hydrogen-bond acceptors (Lipinski definition) is 4. The minimum absolute atomic E-state index is 0.148. The van der Waals surface area contributed by atoms with Crippen molar-refractivity contribution in [2.24, 2.45) is 7.05 Å². The van der Waals surface area contributed by atoms with E-state index in [0.29, 0.717) is 27.3 Å². The summed E-state index contributed by atoms with van der Waals surface area (Å²) in [6.45, 7) is 0.382.